The lowest BCUT2D eigenvalue weighted by Crippen LogP contribution is -2.47. The van der Waals surface area contributed by atoms with Crippen LogP contribution in [-0.4, -0.2) is 11.2 Å². The SMILES string of the molecule is Cc1cc(C)cc(NNC(=S)N[C@@H]2CCCC[C@H]2C)c1. The van der Waals surface area contributed by atoms with E-state index in [1.54, 1.807) is 0 Å². The number of thiocarbonyl (C=S) groups is 1. The molecule has 0 spiro atoms. The number of aryl methyl sites for hydroxylation is 2. The number of hydrogen-bond donors (Lipinski definition) is 3. The lowest BCUT2D eigenvalue weighted by atomic mass is 9.86. The predicted molar refractivity (Wildman–Crippen MR) is 89.8 cm³/mol. The molecule has 110 valence electrons. The van der Waals surface area contributed by atoms with Gasteiger partial charge in [0.2, 0.25) is 0 Å². The van der Waals surface area contributed by atoms with Gasteiger partial charge >= 0.3 is 0 Å². The van der Waals surface area contributed by atoms with Crippen LogP contribution in [0.15, 0.2) is 18.2 Å². The summed E-state index contributed by atoms with van der Waals surface area (Å²) in [7, 11) is 0. The second kappa shape index (κ2) is 6.93. The van der Waals surface area contributed by atoms with E-state index in [0.717, 1.165) is 5.69 Å². The summed E-state index contributed by atoms with van der Waals surface area (Å²) in [5, 5.41) is 4.11. The summed E-state index contributed by atoms with van der Waals surface area (Å²) in [6.45, 7) is 6.49. The van der Waals surface area contributed by atoms with Gasteiger partial charge in [-0.1, -0.05) is 25.8 Å². The summed E-state index contributed by atoms with van der Waals surface area (Å²) < 4.78 is 0. The minimum Gasteiger partial charge on any atom is -0.358 e. The van der Waals surface area contributed by atoms with Gasteiger partial charge in [0, 0.05) is 6.04 Å². The van der Waals surface area contributed by atoms with E-state index in [9.17, 15) is 0 Å². The topological polar surface area (TPSA) is 36.1 Å². The summed E-state index contributed by atoms with van der Waals surface area (Å²) in [4.78, 5) is 0. The molecule has 3 N–H and O–H groups in total. The number of rotatable bonds is 3. The summed E-state index contributed by atoms with van der Waals surface area (Å²) in [5.74, 6) is 0.699. The highest BCUT2D eigenvalue weighted by Gasteiger charge is 2.21. The van der Waals surface area contributed by atoms with Crippen LogP contribution in [0.5, 0.6) is 0 Å². The highest BCUT2D eigenvalue weighted by Crippen LogP contribution is 2.23. The highest BCUT2D eigenvalue weighted by molar-refractivity contribution is 7.80. The van der Waals surface area contributed by atoms with Crippen molar-refractivity contribution in [2.24, 2.45) is 5.92 Å². The Bertz CT molecular complexity index is 453. The van der Waals surface area contributed by atoms with Gasteiger partial charge in [0.1, 0.15) is 0 Å². The van der Waals surface area contributed by atoms with E-state index < -0.39 is 0 Å². The van der Waals surface area contributed by atoms with Crippen molar-refractivity contribution in [1.82, 2.24) is 10.7 Å². The average Bonchev–Trinajstić information content (AvgIpc) is 2.38. The van der Waals surface area contributed by atoms with Crippen LogP contribution in [0.1, 0.15) is 43.7 Å². The molecule has 0 aromatic heterocycles. The van der Waals surface area contributed by atoms with Crippen LogP contribution in [0.3, 0.4) is 0 Å². The van der Waals surface area contributed by atoms with E-state index in [0.29, 0.717) is 17.1 Å². The van der Waals surface area contributed by atoms with Crippen molar-refractivity contribution in [2.45, 2.75) is 52.5 Å². The van der Waals surface area contributed by atoms with E-state index in [1.165, 1.54) is 36.8 Å². The molecule has 1 aliphatic carbocycles. The minimum atomic E-state index is 0.504. The van der Waals surface area contributed by atoms with Crippen LogP contribution in [-0.2, 0) is 0 Å². The Labute approximate surface area is 127 Å². The molecule has 0 heterocycles. The molecule has 0 bridgehead atoms. The molecule has 0 unspecified atom stereocenters. The number of hydrazine groups is 1. The molecule has 2 rings (SSSR count). The second-order valence-corrected chi connectivity index (χ2v) is 6.38. The third-order valence-electron chi connectivity index (χ3n) is 3.97. The summed E-state index contributed by atoms with van der Waals surface area (Å²) in [6, 6.07) is 6.87. The van der Waals surface area contributed by atoms with Gasteiger partial charge in [-0.15, -0.1) is 0 Å². The molecule has 20 heavy (non-hydrogen) atoms. The van der Waals surface area contributed by atoms with Crippen LogP contribution in [0.25, 0.3) is 0 Å². The molecule has 4 heteroatoms. The number of benzene rings is 1. The number of anilines is 1. The maximum atomic E-state index is 5.37. The van der Waals surface area contributed by atoms with Crippen molar-refractivity contribution in [3.63, 3.8) is 0 Å². The standard InChI is InChI=1S/C16H25N3S/c1-11-8-12(2)10-14(9-11)18-19-16(20)17-15-7-5-4-6-13(15)3/h8-10,13,15,18H,4-7H2,1-3H3,(H2,17,19,20)/t13-,15-/m1/s1. The lowest BCUT2D eigenvalue weighted by molar-refractivity contribution is 0.308. The molecule has 0 aliphatic heterocycles. The lowest BCUT2D eigenvalue weighted by Gasteiger charge is -2.30. The fraction of sp³-hybridized carbons (Fsp3) is 0.562. The third-order valence-corrected chi connectivity index (χ3v) is 4.19. The van der Waals surface area contributed by atoms with E-state index in [-0.39, 0.29) is 0 Å². The average molecular weight is 291 g/mol. The molecule has 1 aromatic carbocycles. The van der Waals surface area contributed by atoms with Gasteiger partial charge in [-0.2, -0.15) is 0 Å². The van der Waals surface area contributed by atoms with E-state index in [2.05, 4.69) is 55.1 Å². The molecule has 1 fully saturated rings. The maximum Gasteiger partial charge on any atom is 0.185 e. The van der Waals surface area contributed by atoms with Gasteiger partial charge in [0.05, 0.1) is 5.69 Å². The van der Waals surface area contributed by atoms with Gasteiger partial charge < -0.3 is 5.32 Å². The normalized spacial score (nSPS) is 22.1. The van der Waals surface area contributed by atoms with Gasteiger partial charge in [0.25, 0.3) is 0 Å². The second-order valence-electron chi connectivity index (χ2n) is 5.97. The summed E-state index contributed by atoms with van der Waals surface area (Å²) >= 11 is 5.37. The van der Waals surface area contributed by atoms with Crippen LogP contribution in [0, 0.1) is 19.8 Å². The molecule has 0 saturated heterocycles. The Kier molecular flexibility index (Phi) is 5.24. The molecule has 3 nitrogen and oxygen atoms in total. The first kappa shape index (κ1) is 15.1. The van der Waals surface area contributed by atoms with Crippen molar-refractivity contribution < 1.29 is 0 Å². The van der Waals surface area contributed by atoms with Gasteiger partial charge in [0.15, 0.2) is 5.11 Å². The fourth-order valence-electron chi connectivity index (χ4n) is 2.91. The Morgan fingerprint density at radius 3 is 2.40 bits per heavy atom. The monoisotopic (exact) mass is 291 g/mol. The Morgan fingerprint density at radius 2 is 1.75 bits per heavy atom. The molecule has 2 atom stereocenters. The molecule has 0 radical (unpaired) electrons. The third kappa shape index (κ3) is 4.37. The zero-order valence-electron chi connectivity index (χ0n) is 12.6. The van der Waals surface area contributed by atoms with Crippen LogP contribution in [0.2, 0.25) is 0 Å². The smallest absolute Gasteiger partial charge is 0.185 e. The van der Waals surface area contributed by atoms with E-state index >= 15 is 0 Å². The van der Waals surface area contributed by atoms with Gasteiger partial charge in [-0.3, -0.25) is 10.9 Å². The van der Waals surface area contributed by atoms with E-state index in [4.69, 9.17) is 12.2 Å². The van der Waals surface area contributed by atoms with Crippen LogP contribution >= 0.6 is 12.2 Å². The zero-order valence-corrected chi connectivity index (χ0v) is 13.4. The largest absolute Gasteiger partial charge is 0.358 e. The van der Waals surface area contributed by atoms with E-state index in [1.807, 2.05) is 0 Å². The fourth-order valence-corrected chi connectivity index (χ4v) is 3.11. The number of nitrogens with one attached hydrogen (secondary N) is 3. The summed E-state index contributed by atoms with van der Waals surface area (Å²) in [5.41, 5.74) is 9.80. The Hall–Kier alpha value is -1.29. The van der Waals surface area contributed by atoms with Crippen molar-refractivity contribution in [3.8, 4) is 0 Å². The van der Waals surface area contributed by atoms with Crippen LogP contribution < -0.4 is 16.2 Å². The van der Waals surface area contributed by atoms with Crippen molar-refractivity contribution in [3.05, 3.63) is 29.3 Å². The van der Waals surface area contributed by atoms with Crippen LogP contribution in [0.4, 0.5) is 5.69 Å². The number of hydrogen-bond acceptors (Lipinski definition) is 2. The molecule has 1 aromatic rings. The maximum absolute atomic E-state index is 5.37. The molecule has 1 aliphatic rings. The molecular weight excluding hydrogens is 266 g/mol. The first-order chi connectivity index (χ1) is 9.54. The van der Waals surface area contributed by atoms with Gasteiger partial charge in [-0.05, 0) is 68.1 Å². The summed E-state index contributed by atoms with van der Waals surface area (Å²) in [6.07, 6.45) is 5.16. The zero-order chi connectivity index (χ0) is 14.5. The van der Waals surface area contributed by atoms with Crippen molar-refractivity contribution in [2.75, 3.05) is 5.43 Å². The first-order valence-corrected chi connectivity index (χ1v) is 7.86. The predicted octanol–water partition coefficient (Wildman–Crippen LogP) is 3.67. The first-order valence-electron chi connectivity index (χ1n) is 7.45. The van der Waals surface area contributed by atoms with Crippen molar-refractivity contribution >= 4 is 23.0 Å². The Balaban J connectivity index is 1.82. The quantitative estimate of drug-likeness (QED) is 0.586. The van der Waals surface area contributed by atoms with Crippen molar-refractivity contribution in [1.29, 1.82) is 0 Å². The highest BCUT2D eigenvalue weighted by atomic mass is 32.1. The molecule has 1 saturated carbocycles. The Morgan fingerprint density at radius 1 is 1.10 bits per heavy atom. The molecule has 0 amide bonds. The van der Waals surface area contributed by atoms with Gasteiger partial charge in [-0.25, -0.2) is 0 Å². The molecular formula is C16H25N3S. The minimum absolute atomic E-state index is 0.504.